The van der Waals surface area contributed by atoms with Gasteiger partial charge in [0.15, 0.2) is 0 Å². The van der Waals surface area contributed by atoms with E-state index in [9.17, 15) is 10.1 Å². The van der Waals surface area contributed by atoms with Crippen LogP contribution >= 0.6 is 11.8 Å². The van der Waals surface area contributed by atoms with Gasteiger partial charge in [-0.05, 0) is 48.4 Å². The lowest BCUT2D eigenvalue weighted by molar-refractivity contribution is -0.130. The molecule has 1 fully saturated rings. The lowest BCUT2D eigenvalue weighted by Gasteiger charge is -2.38. The van der Waals surface area contributed by atoms with Crippen molar-refractivity contribution in [1.82, 2.24) is 9.80 Å². The van der Waals surface area contributed by atoms with Crippen LogP contribution in [0.1, 0.15) is 31.4 Å². The highest BCUT2D eigenvalue weighted by atomic mass is 32.2. The summed E-state index contributed by atoms with van der Waals surface area (Å²) in [6, 6.07) is 9.00. The molecule has 1 heterocycles. The number of hydrogen-bond acceptors (Lipinski definition) is 4. The Labute approximate surface area is 155 Å². The van der Waals surface area contributed by atoms with Gasteiger partial charge in [0.25, 0.3) is 0 Å². The fourth-order valence-corrected chi connectivity index (χ4v) is 4.64. The molecule has 1 aliphatic carbocycles. The molecule has 1 aliphatic heterocycles. The first-order valence-electron chi connectivity index (χ1n) is 9.24. The van der Waals surface area contributed by atoms with Crippen molar-refractivity contribution >= 4 is 17.7 Å². The summed E-state index contributed by atoms with van der Waals surface area (Å²) in [5.74, 6) is 1.04. The number of carbonyl (C=O) groups excluding carboxylic acids is 1. The molecule has 3 rings (SSSR count). The highest BCUT2D eigenvalue weighted by molar-refractivity contribution is 8.00. The number of amides is 1. The first kappa shape index (κ1) is 18.3. The molecule has 1 atom stereocenters. The number of nitrogens with zero attached hydrogens (tertiary/aromatic N) is 3. The van der Waals surface area contributed by atoms with Gasteiger partial charge in [0.05, 0.1) is 11.8 Å². The van der Waals surface area contributed by atoms with Gasteiger partial charge in [-0.1, -0.05) is 19.9 Å². The van der Waals surface area contributed by atoms with E-state index in [2.05, 4.69) is 43.0 Å². The molecule has 1 aromatic carbocycles. The van der Waals surface area contributed by atoms with Gasteiger partial charge >= 0.3 is 0 Å². The van der Waals surface area contributed by atoms with Crippen molar-refractivity contribution in [3.8, 4) is 6.07 Å². The maximum absolute atomic E-state index is 12.5. The minimum atomic E-state index is -0.0435. The third-order valence-electron chi connectivity index (χ3n) is 5.26. The lowest BCUT2D eigenvalue weighted by Crippen LogP contribution is -2.53. The van der Waals surface area contributed by atoms with E-state index in [-0.39, 0.29) is 11.9 Å². The minimum absolute atomic E-state index is 0.0435. The Kier molecular flexibility index (Phi) is 6.03. The quantitative estimate of drug-likeness (QED) is 0.760. The van der Waals surface area contributed by atoms with Crippen molar-refractivity contribution in [3.05, 3.63) is 29.3 Å². The topological polar surface area (TPSA) is 47.3 Å². The largest absolute Gasteiger partial charge is 0.339 e. The molecule has 0 N–H and O–H groups in total. The predicted molar refractivity (Wildman–Crippen MR) is 102 cm³/mol. The van der Waals surface area contributed by atoms with E-state index in [1.165, 1.54) is 35.3 Å². The molecule has 0 radical (unpaired) electrons. The van der Waals surface area contributed by atoms with Crippen LogP contribution in [0.15, 0.2) is 23.1 Å². The van der Waals surface area contributed by atoms with Crippen molar-refractivity contribution in [3.63, 3.8) is 0 Å². The Balaban J connectivity index is 1.48. The van der Waals surface area contributed by atoms with Crippen LogP contribution in [0.3, 0.4) is 0 Å². The third-order valence-corrected chi connectivity index (χ3v) is 6.23. The van der Waals surface area contributed by atoms with Gasteiger partial charge in [0, 0.05) is 31.1 Å². The lowest BCUT2D eigenvalue weighted by atomic mass is 10.0. The number of carbonyl (C=O) groups is 1. The fourth-order valence-electron chi connectivity index (χ4n) is 3.78. The minimum Gasteiger partial charge on any atom is -0.339 e. The van der Waals surface area contributed by atoms with E-state index >= 15 is 0 Å². The second kappa shape index (κ2) is 8.25. The van der Waals surface area contributed by atoms with E-state index < -0.39 is 0 Å². The van der Waals surface area contributed by atoms with E-state index in [0.29, 0.717) is 11.7 Å². The molecule has 134 valence electrons. The Hall–Kier alpha value is -1.51. The Morgan fingerprint density at radius 2 is 1.92 bits per heavy atom. The zero-order valence-corrected chi connectivity index (χ0v) is 16.0. The average Bonchev–Trinajstić information content (AvgIpc) is 3.08. The molecule has 2 aliphatic rings. The number of piperazine rings is 1. The number of aryl methyl sites for hydroxylation is 2. The summed E-state index contributed by atoms with van der Waals surface area (Å²) in [5, 5.41) is 9.33. The molecular formula is C20H27N3OS. The Morgan fingerprint density at radius 3 is 2.60 bits per heavy atom. The van der Waals surface area contributed by atoms with Crippen molar-refractivity contribution in [2.24, 2.45) is 5.92 Å². The molecule has 5 heteroatoms. The summed E-state index contributed by atoms with van der Waals surface area (Å²) in [5.41, 5.74) is 2.94. The van der Waals surface area contributed by atoms with Gasteiger partial charge in [0.2, 0.25) is 5.91 Å². The molecule has 1 saturated heterocycles. The average molecular weight is 358 g/mol. The second-order valence-electron chi connectivity index (χ2n) is 7.31. The van der Waals surface area contributed by atoms with Crippen molar-refractivity contribution in [2.45, 2.75) is 44.0 Å². The fraction of sp³-hybridized carbons (Fsp3) is 0.600. The van der Waals surface area contributed by atoms with Crippen LogP contribution in [0, 0.1) is 17.2 Å². The number of fused-ring (bicyclic) bond motifs is 1. The van der Waals surface area contributed by atoms with Crippen LogP contribution in [-0.2, 0) is 17.6 Å². The molecular weight excluding hydrogens is 330 g/mol. The Bertz CT molecular complexity index is 659. The molecule has 4 nitrogen and oxygen atoms in total. The summed E-state index contributed by atoms with van der Waals surface area (Å²) >= 11 is 1.65. The smallest absolute Gasteiger partial charge is 0.233 e. The number of rotatable bonds is 5. The first-order chi connectivity index (χ1) is 12.1. The third kappa shape index (κ3) is 4.37. The van der Waals surface area contributed by atoms with Gasteiger partial charge < -0.3 is 4.90 Å². The van der Waals surface area contributed by atoms with Crippen molar-refractivity contribution < 1.29 is 4.79 Å². The van der Waals surface area contributed by atoms with Crippen LogP contribution in [0.5, 0.6) is 0 Å². The molecule has 1 amide bonds. The number of nitriles is 1. The summed E-state index contributed by atoms with van der Waals surface area (Å²) in [6.07, 6.45) is 3.63. The van der Waals surface area contributed by atoms with Gasteiger partial charge in [0.1, 0.15) is 6.04 Å². The first-order valence-corrected chi connectivity index (χ1v) is 10.2. The molecule has 1 unspecified atom stereocenters. The zero-order chi connectivity index (χ0) is 17.8. The summed E-state index contributed by atoms with van der Waals surface area (Å²) < 4.78 is 0. The molecule has 0 bridgehead atoms. The summed E-state index contributed by atoms with van der Waals surface area (Å²) in [7, 11) is 0. The number of hydrogen-bond donors (Lipinski definition) is 0. The van der Waals surface area contributed by atoms with Gasteiger partial charge in [-0.15, -0.1) is 11.8 Å². The van der Waals surface area contributed by atoms with Crippen LogP contribution in [0.4, 0.5) is 0 Å². The van der Waals surface area contributed by atoms with Crippen LogP contribution in [0.25, 0.3) is 0 Å². The molecule has 0 saturated carbocycles. The normalized spacial score (nSPS) is 18.9. The summed E-state index contributed by atoms with van der Waals surface area (Å²) in [4.78, 5) is 17.9. The number of benzene rings is 1. The predicted octanol–water partition coefficient (Wildman–Crippen LogP) is 2.96. The van der Waals surface area contributed by atoms with Crippen molar-refractivity contribution in [2.75, 3.05) is 31.9 Å². The highest BCUT2D eigenvalue weighted by Crippen LogP contribution is 2.27. The van der Waals surface area contributed by atoms with Crippen LogP contribution in [0.2, 0.25) is 0 Å². The van der Waals surface area contributed by atoms with Gasteiger partial charge in [-0.3, -0.25) is 9.69 Å². The molecule has 0 aromatic heterocycles. The maximum atomic E-state index is 12.5. The standard InChI is InChI=1S/C20H27N3OS/c1-15(2)19(13-21)22-8-10-23(11-9-22)20(24)14-25-18-7-6-16-4-3-5-17(16)12-18/h6-7,12,15,19H,3-5,8-11,14H2,1-2H3. The van der Waals surface area contributed by atoms with Crippen LogP contribution in [-0.4, -0.2) is 53.7 Å². The van der Waals surface area contributed by atoms with Gasteiger partial charge in [-0.2, -0.15) is 5.26 Å². The van der Waals surface area contributed by atoms with E-state index in [1.54, 1.807) is 11.8 Å². The highest BCUT2D eigenvalue weighted by Gasteiger charge is 2.27. The van der Waals surface area contributed by atoms with E-state index in [1.807, 2.05) is 4.90 Å². The SMILES string of the molecule is CC(C)C(C#N)N1CCN(C(=O)CSc2ccc3c(c2)CCC3)CC1. The monoisotopic (exact) mass is 357 g/mol. The maximum Gasteiger partial charge on any atom is 0.233 e. The second-order valence-corrected chi connectivity index (χ2v) is 8.36. The zero-order valence-electron chi connectivity index (χ0n) is 15.2. The number of thioether (sulfide) groups is 1. The molecule has 0 spiro atoms. The van der Waals surface area contributed by atoms with E-state index in [0.717, 1.165) is 26.2 Å². The molecule has 1 aromatic rings. The van der Waals surface area contributed by atoms with Gasteiger partial charge in [-0.25, -0.2) is 0 Å². The molecule has 25 heavy (non-hydrogen) atoms. The van der Waals surface area contributed by atoms with E-state index in [4.69, 9.17) is 0 Å². The van der Waals surface area contributed by atoms with Crippen molar-refractivity contribution in [1.29, 1.82) is 5.26 Å². The van der Waals surface area contributed by atoms with Crippen LogP contribution < -0.4 is 0 Å². The summed E-state index contributed by atoms with van der Waals surface area (Å²) in [6.45, 7) is 7.22. The Morgan fingerprint density at radius 1 is 1.20 bits per heavy atom.